The molecule has 1 aromatic carbocycles. The van der Waals surface area contributed by atoms with Gasteiger partial charge in [0.1, 0.15) is 0 Å². The van der Waals surface area contributed by atoms with Gasteiger partial charge in [-0.25, -0.2) is 0 Å². The number of halogens is 1. The number of hydrogen-bond acceptors (Lipinski definition) is 3. The Hall–Kier alpha value is -1.10. The van der Waals surface area contributed by atoms with Crippen LogP contribution >= 0.6 is 11.6 Å². The summed E-state index contributed by atoms with van der Waals surface area (Å²) in [5.41, 5.74) is 0.726. The van der Waals surface area contributed by atoms with E-state index in [4.69, 9.17) is 16.3 Å². The van der Waals surface area contributed by atoms with Crippen LogP contribution < -0.4 is 5.32 Å². The molecule has 0 bridgehead atoms. The fourth-order valence-corrected chi connectivity index (χ4v) is 1.54. The average molecular weight is 272 g/mol. The van der Waals surface area contributed by atoms with E-state index in [9.17, 15) is 9.90 Å². The maximum absolute atomic E-state index is 11.4. The van der Waals surface area contributed by atoms with Gasteiger partial charge < -0.3 is 15.2 Å². The number of nitrogens with one attached hydrogen (secondary N) is 1. The lowest BCUT2D eigenvalue weighted by molar-refractivity contribution is -0.122. The summed E-state index contributed by atoms with van der Waals surface area (Å²) in [6, 6.07) is 6.88. The van der Waals surface area contributed by atoms with Crippen LogP contribution in [-0.4, -0.2) is 30.8 Å². The molecule has 0 aliphatic rings. The largest absolute Gasteiger partial charge is 0.387 e. The van der Waals surface area contributed by atoms with Crippen LogP contribution in [0.15, 0.2) is 24.3 Å². The van der Waals surface area contributed by atoms with Crippen LogP contribution in [0.1, 0.15) is 25.0 Å². The van der Waals surface area contributed by atoms with Gasteiger partial charge in [0.2, 0.25) is 5.91 Å². The number of amides is 1. The van der Waals surface area contributed by atoms with Crippen LogP contribution in [0.4, 0.5) is 0 Å². The molecule has 0 heterocycles. The van der Waals surface area contributed by atoms with E-state index in [0.29, 0.717) is 24.7 Å². The van der Waals surface area contributed by atoms with Crippen molar-refractivity contribution in [1.29, 1.82) is 0 Å². The van der Waals surface area contributed by atoms with Gasteiger partial charge in [0.05, 0.1) is 12.7 Å². The zero-order valence-corrected chi connectivity index (χ0v) is 11.1. The number of aliphatic hydroxyl groups excluding tert-OH is 1. The van der Waals surface area contributed by atoms with Crippen LogP contribution in [0.3, 0.4) is 0 Å². The Bertz CT molecular complexity index is 367. The lowest BCUT2D eigenvalue weighted by atomic mass is 10.1. The molecule has 0 saturated carbocycles. The summed E-state index contributed by atoms with van der Waals surface area (Å²) in [5, 5.41) is 13.1. The SMILES string of the molecule is CCOCCC(=O)NCC(O)c1ccc(Cl)cc1. The molecule has 0 spiro atoms. The molecule has 5 heteroatoms. The van der Waals surface area contributed by atoms with Crippen molar-refractivity contribution in [3.8, 4) is 0 Å². The van der Waals surface area contributed by atoms with E-state index in [1.165, 1.54) is 0 Å². The van der Waals surface area contributed by atoms with E-state index < -0.39 is 6.10 Å². The summed E-state index contributed by atoms with van der Waals surface area (Å²) in [6.07, 6.45) is -0.417. The first-order chi connectivity index (χ1) is 8.63. The number of aliphatic hydroxyl groups is 1. The average Bonchev–Trinajstić information content (AvgIpc) is 2.37. The predicted octanol–water partition coefficient (Wildman–Crippen LogP) is 1.92. The minimum absolute atomic E-state index is 0.128. The van der Waals surface area contributed by atoms with Crippen molar-refractivity contribution in [2.75, 3.05) is 19.8 Å². The Kier molecular flexibility index (Phi) is 6.72. The Morgan fingerprint density at radius 3 is 2.72 bits per heavy atom. The van der Waals surface area contributed by atoms with E-state index in [-0.39, 0.29) is 12.5 Å². The van der Waals surface area contributed by atoms with Gasteiger partial charge in [-0.15, -0.1) is 0 Å². The first-order valence-electron chi connectivity index (χ1n) is 5.91. The van der Waals surface area contributed by atoms with Crippen molar-refractivity contribution < 1.29 is 14.6 Å². The Balaban J connectivity index is 2.30. The number of benzene rings is 1. The Morgan fingerprint density at radius 1 is 1.44 bits per heavy atom. The van der Waals surface area contributed by atoms with Gasteiger partial charge in [0.15, 0.2) is 0 Å². The number of hydrogen-bond donors (Lipinski definition) is 2. The van der Waals surface area contributed by atoms with Crippen LogP contribution in [0.25, 0.3) is 0 Å². The number of rotatable bonds is 7. The molecule has 0 aliphatic heterocycles. The molecule has 1 atom stereocenters. The van der Waals surface area contributed by atoms with Crippen LogP contribution in [0.5, 0.6) is 0 Å². The molecule has 1 rings (SSSR count). The summed E-state index contributed by atoms with van der Waals surface area (Å²) in [5.74, 6) is -0.128. The lowest BCUT2D eigenvalue weighted by Crippen LogP contribution is -2.29. The predicted molar refractivity (Wildman–Crippen MR) is 70.5 cm³/mol. The minimum Gasteiger partial charge on any atom is -0.387 e. The third-order valence-electron chi connectivity index (χ3n) is 2.42. The highest BCUT2D eigenvalue weighted by atomic mass is 35.5. The highest BCUT2D eigenvalue weighted by molar-refractivity contribution is 6.30. The topological polar surface area (TPSA) is 58.6 Å². The molecule has 1 aromatic rings. The molecule has 1 unspecified atom stereocenters. The van der Waals surface area contributed by atoms with Gasteiger partial charge in [-0.1, -0.05) is 23.7 Å². The number of ether oxygens (including phenoxy) is 1. The summed E-state index contributed by atoms with van der Waals surface area (Å²) >= 11 is 5.75. The van der Waals surface area contributed by atoms with Crippen LogP contribution in [0, 0.1) is 0 Å². The van der Waals surface area contributed by atoms with E-state index in [1.807, 2.05) is 6.92 Å². The lowest BCUT2D eigenvalue weighted by Gasteiger charge is -2.12. The fraction of sp³-hybridized carbons (Fsp3) is 0.462. The molecular weight excluding hydrogens is 254 g/mol. The first-order valence-corrected chi connectivity index (χ1v) is 6.29. The molecule has 100 valence electrons. The zero-order valence-electron chi connectivity index (χ0n) is 10.4. The van der Waals surface area contributed by atoms with Gasteiger partial charge in [-0.2, -0.15) is 0 Å². The minimum atomic E-state index is -0.724. The summed E-state index contributed by atoms with van der Waals surface area (Å²) in [6.45, 7) is 3.06. The molecular formula is C13H18ClNO3. The maximum Gasteiger partial charge on any atom is 0.222 e. The molecule has 2 N–H and O–H groups in total. The van der Waals surface area contributed by atoms with Crippen LogP contribution in [-0.2, 0) is 9.53 Å². The molecule has 0 radical (unpaired) electrons. The van der Waals surface area contributed by atoms with Crippen molar-refractivity contribution in [3.05, 3.63) is 34.9 Å². The molecule has 1 amide bonds. The molecule has 0 fully saturated rings. The zero-order chi connectivity index (χ0) is 13.4. The molecule has 0 aromatic heterocycles. The second-order valence-corrected chi connectivity index (χ2v) is 4.25. The quantitative estimate of drug-likeness (QED) is 0.745. The van der Waals surface area contributed by atoms with E-state index in [1.54, 1.807) is 24.3 Å². The Morgan fingerprint density at radius 2 is 2.11 bits per heavy atom. The van der Waals surface area contributed by atoms with Gasteiger partial charge in [-0.05, 0) is 24.6 Å². The van der Waals surface area contributed by atoms with Gasteiger partial charge >= 0.3 is 0 Å². The van der Waals surface area contributed by atoms with Crippen molar-refractivity contribution in [1.82, 2.24) is 5.32 Å². The number of carbonyl (C=O) groups excluding carboxylic acids is 1. The van der Waals surface area contributed by atoms with Crippen molar-refractivity contribution in [2.24, 2.45) is 0 Å². The summed E-state index contributed by atoms with van der Waals surface area (Å²) in [7, 11) is 0. The van der Waals surface area contributed by atoms with Crippen molar-refractivity contribution >= 4 is 17.5 Å². The molecule has 0 aliphatic carbocycles. The standard InChI is InChI=1S/C13H18ClNO3/c1-2-18-8-7-13(17)15-9-12(16)10-3-5-11(14)6-4-10/h3-6,12,16H,2,7-9H2,1H3,(H,15,17). The summed E-state index contributed by atoms with van der Waals surface area (Å²) < 4.78 is 5.07. The highest BCUT2D eigenvalue weighted by Crippen LogP contribution is 2.15. The van der Waals surface area contributed by atoms with Gasteiger partial charge in [0, 0.05) is 24.6 Å². The number of carbonyl (C=O) groups is 1. The van der Waals surface area contributed by atoms with Gasteiger partial charge in [0.25, 0.3) is 0 Å². The van der Waals surface area contributed by atoms with Crippen molar-refractivity contribution in [2.45, 2.75) is 19.4 Å². The second kappa shape index (κ2) is 8.08. The fourth-order valence-electron chi connectivity index (χ4n) is 1.41. The summed E-state index contributed by atoms with van der Waals surface area (Å²) in [4.78, 5) is 11.4. The monoisotopic (exact) mass is 271 g/mol. The second-order valence-electron chi connectivity index (χ2n) is 3.82. The first kappa shape index (κ1) is 15.0. The maximum atomic E-state index is 11.4. The highest BCUT2D eigenvalue weighted by Gasteiger charge is 2.09. The molecule has 4 nitrogen and oxygen atoms in total. The molecule has 18 heavy (non-hydrogen) atoms. The third kappa shape index (κ3) is 5.49. The smallest absolute Gasteiger partial charge is 0.222 e. The third-order valence-corrected chi connectivity index (χ3v) is 2.68. The van der Waals surface area contributed by atoms with Crippen molar-refractivity contribution in [3.63, 3.8) is 0 Å². The van der Waals surface area contributed by atoms with Crippen LogP contribution in [0.2, 0.25) is 5.02 Å². The van der Waals surface area contributed by atoms with Gasteiger partial charge in [-0.3, -0.25) is 4.79 Å². The van der Waals surface area contributed by atoms with E-state index in [2.05, 4.69) is 5.32 Å². The Labute approximate surface area is 112 Å². The van der Waals surface area contributed by atoms with E-state index >= 15 is 0 Å². The normalized spacial score (nSPS) is 12.2. The molecule has 0 saturated heterocycles. The van der Waals surface area contributed by atoms with E-state index in [0.717, 1.165) is 5.56 Å².